The predicted molar refractivity (Wildman–Crippen MR) is 135 cm³/mol. The molecule has 0 radical (unpaired) electrons. The van der Waals surface area contributed by atoms with Crippen LogP contribution in [0.2, 0.25) is 0 Å². The van der Waals surface area contributed by atoms with Crippen molar-refractivity contribution in [1.82, 2.24) is 20.2 Å². The molecule has 1 heterocycles. The predicted octanol–water partition coefficient (Wildman–Crippen LogP) is 3.46. The number of halogens is 1. The van der Waals surface area contributed by atoms with Crippen LogP contribution in [0.5, 0.6) is 0 Å². The molecule has 0 bridgehead atoms. The summed E-state index contributed by atoms with van der Waals surface area (Å²) >= 11 is 0. The Labute approximate surface area is 201 Å². The Morgan fingerprint density at radius 2 is 1.94 bits per heavy atom. The number of hydrogen-bond acceptors (Lipinski definition) is 4. The molecule has 7 nitrogen and oxygen atoms in total. The molecule has 0 aliphatic carbocycles. The van der Waals surface area contributed by atoms with E-state index in [0.29, 0.717) is 23.9 Å². The third-order valence-corrected chi connectivity index (χ3v) is 5.88. The number of nitrogens with one attached hydrogen (secondary N) is 2. The molecular formula is C22H28IN5O2S. The van der Waals surface area contributed by atoms with Gasteiger partial charge in [-0.2, -0.15) is 0 Å². The molecule has 2 aromatic carbocycles. The highest BCUT2D eigenvalue weighted by atomic mass is 127. The minimum Gasteiger partial charge on any atom is -0.357 e. The van der Waals surface area contributed by atoms with E-state index in [2.05, 4.69) is 32.7 Å². The van der Waals surface area contributed by atoms with E-state index < -0.39 is 9.84 Å². The van der Waals surface area contributed by atoms with Crippen molar-refractivity contribution in [1.29, 1.82) is 0 Å². The van der Waals surface area contributed by atoms with E-state index in [1.54, 1.807) is 25.5 Å². The molecule has 3 aromatic rings. The summed E-state index contributed by atoms with van der Waals surface area (Å²) in [5, 5.41) is 6.62. The van der Waals surface area contributed by atoms with Crippen LogP contribution in [0, 0.1) is 6.92 Å². The van der Waals surface area contributed by atoms with Gasteiger partial charge in [0.1, 0.15) is 0 Å². The van der Waals surface area contributed by atoms with Crippen molar-refractivity contribution >= 4 is 39.8 Å². The number of aromatic nitrogens is 2. The van der Waals surface area contributed by atoms with Crippen molar-refractivity contribution in [2.75, 3.05) is 12.8 Å². The molecule has 166 valence electrons. The van der Waals surface area contributed by atoms with Crippen molar-refractivity contribution in [2.45, 2.75) is 31.8 Å². The topological polar surface area (TPSA) is 88.4 Å². The number of para-hydroxylation sites is 1. The van der Waals surface area contributed by atoms with Crippen LogP contribution >= 0.6 is 24.0 Å². The lowest BCUT2D eigenvalue weighted by Gasteiger charge is -2.14. The van der Waals surface area contributed by atoms with Gasteiger partial charge in [0.2, 0.25) is 0 Å². The van der Waals surface area contributed by atoms with Crippen LogP contribution in [-0.4, -0.2) is 36.7 Å². The molecule has 2 N–H and O–H groups in total. The summed E-state index contributed by atoms with van der Waals surface area (Å²) in [4.78, 5) is 9.13. The smallest absolute Gasteiger partial charge is 0.191 e. The molecule has 0 aliphatic rings. The number of benzene rings is 2. The van der Waals surface area contributed by atoms with E-state index in [9.17, 15) is 8.42 Å². The number of guanidine groups is 1. The van der Waals surface area contributed by atoms with E-state index in [0.717, 1.165) is 28.9 Å². The maximum Gasteiger partial charge on any atom is 0.191 e. The lowest BCUT2D eigenvalue weighted by molar-refractivity contribution is 0.601. The molecule has 1 aromatic heterocycles. The van der Waals surface area contributed by atoms with Gasteiger partial charge in [-0.25, -0.2) is 18.4 Å². The molecule has 0 amide bonds. The van der Waals surface area contributed by atoms with Gasteiger partial charge < -0.3 is 15.2 Å². The molecule has 0 fully saturated rings. The molecule has 0 saturated carbocycles. The van der Waals surface area contributed by atoms with Crippen molar-refractivity contribution in [3.63, 3.8) is 0 Å². The van der Waals surface area contributed by atoms with E-state index in [-0.39, 0.29) is 24.0 Å². The maximum absolute atomic E-state index is 11.8. The lowest BCUT2D eigenvalue weighted by Crippen LogP contribution is -2.37. The molecule has 0 unspecified atom stereocenters. The summed E-state index contributed by atoms with van der Waals surface area (Å²) in [7, 11) is -3.22. The fraction of sp³-hybridized carbons (Fsp3) is 0.273. The first-order valence-electron chi connectivity index (χ1n) is 9.76. The fourth-order valence-electron chi connectivity index (χ4n) is 3.23. The minimum atomic E-state index is -3.22. The second kappa shape index (κ2) is 11.3. The van der Waals surface area contributed by atoms with Crippen LogP contribution in [0.4, 0.5) is 0 Å². The zero-order chi connectivity index (χ0) is 21.6. The van der Waals surface area contributed by atoms with Crippen LogP contribution in [0.25, 0.3) is 5.69 Å². The van der Waals surface area contributed by atoms with Crippen LogP contribution in [0.15, 0.2) is 71.1 Å². The van der Waals surface area contributed by atoms with Crippen molar-refractivity contribution in [3.05, 3.63) is 77.9 Å². The lowest BCUT2D eigenvalue weighted by atomic mass is 10.1. The zero-order valence-corrected chi connectivity index (χ0v) is 21.0. The van der Waals surface area contributed by atoms with Gasteiger partial charge in [-0.1, -0.05) is 30.3 Å². The molecule has 0 aliphatic heterocycles. The second-order valence-electron chi connectivity index (χ2n) is 7.02. The first-order chi connectivity index (χ1) is 14.4. The third kappa shape index (κ3) is 6.79. The number of hydrogen-bond donors (Lipinski definition) is 2. The normalized spacial score (nSPS) is 11.6. The maximum atomic E-state index is 11.8. The zero-order valence-electron chi connectivity index (χ0n) is 17.9. The summed E-state index contributed by atoms with van der Waals surface area (Å²) < 4.78 is 25.6. The fourth-order valence-corrected chi connectivity index (χ4v) is 4.19. The Bertz CT molecular complexity index is 1130. The molecule has 31 heavy (non-hydrogen) atoms. The Balaban J connectivity index is 0.00000341. The van der Waals surface area contributed by atoms with Crippen LogP contribution < -0.4 is 10.6 Å². The average molecular weight is 553 g/mol. The molecule has 0 spiro atoms. The van der Waals surface area contributed by atoms with Crippen LogP contribution in [-0.2, 0) is 22.9 Å². The largest absolute Gasteiger partial charge is 0.357 e. The summed E-state index contributed by atoms with van der Waals surface area (Å²) in [6.07, 6.45) is 6.68. The van der Waals surface area contributed by atoms with E-state index >= 15 is 0 Å². The summed E-state index contributed by atoms with van der Waals surface area (Å²) in [6, 6.07) is 13.5. The van der Waals surface area contributed by atoms with Gasteiger partial charge in [-0.05, 0) is 42.7 Å². The Hall–Kier alpha value is -2.40. The minimum absolute atomic E-state index is 0. The second-order valence-corrected chi connectivity index (χ2v) is 9.00. The van der Waals surface area contributed by atoms with Crippen molar-refractivity contribution in [2.24, 2.45) is 4.99 Å². The molecule has 9 heteroatoms. The molecule has 3 rings (SSSR count). The van der Waals surface area contributed by atoms with Gasteiger partial charge in [0.15, 0.2) is 15.8 Å². The Kier molecular flexibility index (Phi) is 9.05. The summed E-state index contributed by atoms with van der Waals surface area (Å²) in [6.45, 7) is 5.61. The van der Waals surface area contributed by atoms with E-state index in [1.165, 1.54) is 6.26 Å². The number of imidazole rings is 1. The van der Waals surface area contributed by atoms with Crippen LogP contribution in [0.1, 0.15) is 23.6 Å². The number of aryl methyl sites for hydroxylation is 1. The number of nitrogens with zero attached hydrogens (tertiary/aromatic N) is 3. The Morgan fingerprint density at radius 1 is 1.16 bits per heavy atom. The summed E-state index contributed by atoms with van der Waals surface area (Å²) in [5.41, 5.74) is 3.87. The number of aliphatic imine (C=N–C) groups is 1. The average Bonchev–Trinajstić information content (AvgIpc) is 3.24. The van der Waals surface area contributed by atoms with Gasteiger partial charge in [-0.15, -0.1) is 24.0 Å². The van der Waals surface area contributed by atoms with Crippen molar-refractivity contribution in [3.8, 4) is 5.69 Å². The SMILES string of the molecule is CCNC(=NCc1ccc(S(C)(=O)=O)c(C)c1)NCc1ccccc1-n1ccnc1.I. The summed E-state index contributed by atoms with van der Waals surface area (Å²) in [5.74, 6) is 0.697. The van der Waals surface area contributed by atoms with Gasteiger partial charge in [0.05, 0.1) is 23.5 Å². The molecule has 0 saturated heterocycles. The highest BCUT2D eigenvalue weighted by Crippen LogP contribution is 2.17. The highest BCUT2D eigenvalue weighted by molar-refractivity contribution is 14.0. The quantitative estimate of drug-likeness (QED) is 0.266. The highest BCUT2D eigenvalue weighted by Gasteiger charge is 2.11. The first kappa shape index (κ1) is 24.9. The monoisotopic (exact) mass is 553 g/mol. The molecular weight excluding hydrogens is 525 g/mol. The van der Waals surface area contributed by atoms with Gasteiger partial charge in [-0.3, -0.25) is 0 Å². The van der Waals surface area contributed by atoms with Gasteiger partial charge in [0, 0.05) is 31.7 Å². The standard InChI is InChI=1S/C22H27N5O2S.HI/c1-4-24-22(25-14-18-9-10-21(17(2)13-18)30(3,28)29)26-15-19-7-5-6-8-20(19)27-12-11-23-16-27;/h5-13,16H,4,14-15H2,1-3H3,(H2,24,25,26);1H. The van der Waals surface area contributed by atoms with E-state index in [1.807, 2.05) is 42.0 Å². The van der Waals surface area contributed by atoms with E-state index in [4.69, 9.17) is 0 Å². The number of sulfone groups is 1. The number of rotatable bonds is 7. The van der Waals surface area contributed by atoms with Gasteiger partial charge >= 0.3 is 0 Å². The third-order valence-electron chi connectivity index (χ3n) is 4.62. The molecule has 0 atom stereocenters. The first-order valence-corrected chi connectivity index (χ1v) is 11.7. The van der Waals surface area contributed by atoms with Gasteiger partial charge in [0.25, 0.3) is 0 Å². The van der Waals surface area contributed by atoms with Crippen LogP contribution in [0.3, 0.4) is 0 Å². The Morgan fingerprint density at radius 3 is 2.58 bits per heavy atom. The van der Waals surface area contributed by atoms with Crippen molar-refractivity contribution < 1.29 is 8.42 Å².